The number of nitrogens with two attached hydrogens (primary N) is 1. The molecule has 0 aliphatic heterocycles. The van der Waals surface area contributed by atoms with Crippen LogP contribution in [0.4, 0.5) is 5.82 Å². The maximum atomic E-state index is 5.88. The smallest absolute Gasteiger partial charge is 0.254 e. The second kappa shape index (κ2) is 5.75. The minimum atomic E-state index is 0.0548. The van der Waals surface area contributed by atoms with E-state index < -0.39 is 0 Å². The first-order valence-electron chi connectivity index (χ1n) is 7.09. The Bertz CT molecular complexity index is 574. The van der Waals surface area contributed by atoms with Gasteiger partial charge in [-0.3, -0.25) is 0 Å². The number of aryl methyl sites for hydroxylation is 1. The summed E-state index contributed by atoms with van der Waals surface area (Å²) in [6.45, 7) is 11.0. The molecule has 0 radical (unpaired) electrons. The minimum absolute atomic E-state index is 0.0548. The summed E-state index contributed by atoms with van der Waals surface area (Å²) in [6.07, 6.45) is 2.61. The SMILES string of the molecule is CCCN(CC(C)(C)CN)c1cc(C)nc2ncnn12. The van der Waals surface area contributed by atoms with E-state index in [9.17, 15) is 0 Å². The first-order chi connectivity index (χ1) is 9.46. The van der Waals surface area contributed by atoms with Crippen LogP contribution in [0.5, 0.6) is 0 Å². The molecule has 0 amide bonds. The van der Waals surface area contributed by atoms with Gasteiger partial charge in [0.15, 0.2) is 0 Å². The van der Waals surface area contributed by atoms with Gasteiger partial charge >= 0.3 is 0 Å². The molecule has 2 N–H and O–H groups in total. The third-order valence-electron chi connectivity index (χ3n) is 3.35. The van der Waals surface area contributed by atoms with Crippen LogP contribution in [0.15, 0.2) is 12.4 Å². The van der Waals surface area contributed by atoms with Crippen molar-refractivity contribution >= 4 is 11.6 Å². The van der Waals surface area contributed by atoms with Gasteiger partial charge < -0.3 is 10.6 Å². The Morgan fingerprint density at radius 2 is 2.15 bits per heavy atom. The van der Waals surface area contributed by atoms with Crippen molar-refractivity contribution in [3.05, 3.63) is 18.1 Å². The molecule has 0 saturated heterocycles. The van der Waals surface area contributed by atoms with Gasteiger partial charge in [0.2, 0.25) is 0 Å². The van der Waals surface area contributed by atoms with Crippen molar-refractivity contribution in [1.29, 1.82) is 0 Å². The fraction of sp³-hybridized carbons (Fsp3) is 0.643. The lowest BCUT2D eigenvalue weighted by molar-refractivity contribution is 0.375. The molecule has 0 aliphatic rings. The van der Waals surface area contributed by atoms with Crippen LogP contribution in [0.25, 0.3) is 5.78 Å². The maximum Gasteiger partial charge on any atom is 0.254 e. The second-order valence-corrected chi connectivity index (χ2v) is 6.02. The lowest BCUT2D eigenvalue weighted by Crippen LogP contribution is -2.40. The largest absolute Gasteiger partial charge is 0.356 e. The van der Waals surface area contributed by atoms with Crippen LogP contribution < -0.4 is 10.6 Å². The summed E-state index contributed by atoms with van der Waals surface area (Å²) in [5.41, 5.74) is 6.88. The molecule has 2 aromatic rings. The van der Waals surface area contributed by atoms with Crippen LogP contribution in [0.2, 0.25) is 0 Å². The highest BCUT2D eigenvalue weighted by molar-refractivity contribution is 5.47. The van der Waals surface area contributed by atoms with Gasteiger partial charge in [-0.15, -0.1) is 0 Å². The highest BCUT2D eigenvalue weighted by Crippen LogP contribution is 2.22. The number of hydrogen-bond acceptors (Lipinski definition) is 5. The second-order valence-electron chi connectivity index (χ2n) is 6.02. The summed E-state index contributed by atoms with van der Waals surface area (Å²) in [6, 6.07) is 2.06. The zero-order chi connectivity index (χ0) is 14.8. The molecule has 20 heavy (non-hydrogen) atoms. The van der Waals surface area contributed by atoms with E-state index in [0.29, 0.717) is 12.3 Å². The molecule has 2 heterocycles. The van der Waals surface area contributed by atoms with Gasteiger partial charge in [-0.05, 0) is 25.3 Å². The lowest BCUT2D eigenvalue weighted by Gasteiger charge is -2.33. The Morgan fingerprint density at radius 1 is 1.40 bits per heavy atom. The molecular weight excluding hydrogens is 252 g/mol. The number of aromatic nitrogens is 4. The van der Waals surface area contributed by atoms with Crippen molar-refractivity contribution in [3.8, 4) is 0 Å². The first kappa shape index (κ1) is 14.7. The zero-order valence-corrected chi connectivity index (χ0v) is 12.8. The summed E-state index contributed by atoms with van der Waals surface area (Å²) in [5.74, 6) is 1.68. The highest BCUT2D eigenvalue weighted by Gasteiger charge is 2.22. The number of hydrogen-bond donors (Lipinski definition) is 1. The molecule has 0 aliphatic carbocycles. The van der Waals surface area contributed by atoms with Crippen molar-refractivity contribution in [2.45, 2.75) is 34.1 Å². The van der Waals surface area contributed by atoms with Gasteiger partial charge in [-0.25, -0.2) is 4.98 Å². The Hall–Kier alpha value is -1.69. The van der Waals surface area contributed by atoms with E-state index in [1.165, 1.54) is 0 Å². The minimum Gasteiger partial charge on any atom is -0.356 e. The van der Waals surface area contributed by atoms with Crippen molar-refractivity contribution < 1.29 is 0 Å². The maximum absolute atomic E-state index is 5.88. The quantitative estimate of drug-likeness (QED) is 0.868. The summed E-state index contributed by atoms with van der Waals surface area (Å²) >= 11 is 0. The van der Waals surface area contributed by atoms with E-state index in [0.717, 1.165) is 31.0 Å². The normalized spacial score (nSPS) is 12.1. The van der Waals surface area contributed by atoms with E-state index in [1.54, 1.807) is 10.8 Å². The average molecular weight is 276 g/mol. The van der Waals surface area contributed by atoms with Gasteiger partial charge in [0.05, 0.1) is 0 Å². The molecular formula is C14H24N6. The fourth-order valence-corrected chi connectivity index (χ4v) is 2.26. The summed E-state index contributed by atoms with van der Waals surface area (Å²) in [7, 11) is 0. The molecule has 0 fully saturated rings. The summed E-state index contributed by atoms with van der Waals surface area (Å²) in [4.78, 5) is 10.9. The molecule has 0 spiro atoms. The molecule has 110 valence electrons. The summed E-state index contributed by atoms with van der Waals surface area (Å²) < 4.78 is 1.80. The van der Waals surface area contributed by atoms with Crippen LogP contribution in [0.3, 0.4) is 0 Å². The van der Waals surface area contributed by atoms with E-state index >= 15 is 0 Å². The van der Waals surface area contributed by atoms with Crippen molar-refractivity contribution in [2.75, 3.05) is 24.5 Å². The average Bonchev–Trinajstić information content (AvgIpc) is 2.85. The molecule has 6 nitrogen and oxygen atoms in total. The monoisotopic (exact) mass is 276 g/mol. The number of fused-ring (bicyclic) bond motifs is 1. The topological polar surface area (TPSA) is 72.3 Å². The number of nitrogens with zero attached hydrogens (tertiary/aromatic N) is 5. The predicted octanol–water partition coefficient (Wildman–Crippen LogP) is 1.63. The number of anilines is 1. The Morgan fingerprint density at radius 3 is 2.80 bits per heavy atom. The predicted molar refractivity (Wildman–Crippen MR) is 80.9 cm³/mol. The van der Waals surface area contributed by atoms with Gasteiger partial charge in [-0.1, -0.05) is 20.8 Å². The molecule has 2 aromatic heterocycles. The third kappa shape index (κ3) is 3.07. The molecule has 0 saturated carbocycles. The first-order valence-corrected chi connectivity index (χ1v) is 7.09. The molecule has 0 aromatic carbocycles. The summed E-state index contributed by atoms with van der Waals surface area (Å²) in [5, 5.41) is 4.29. The van der Waals surface area contributed by atoms with E-state index in [1.807, 2.05) is 6.92 Å². The van der Waals surface area contributed by atoms with Crippen molar-refractivity contribution in [2.24, 2.45) is 11.1 Å². The standard InChI is InChI=1S/C14H24N6/c1-5-6-19(9-14(3,4)8-15)12-7-11(2)18-13-16-10-17-20(12)13/h7,10H,5-6,8-9,15H2,1-4H3. The molecule has 2 rings (SSSR count). The van der Waals surface area contributed by atoms with Crippen LogP contribution in [-0.2, 0) is 0 Å². The van der Waals surface area contributed by atoms with Crippen LogP contribution in [0.1, 0.15) is 32.9 Å². The van der Waals surface area contributed by atoms with Crippen LogP contribution in [-0.4, -0.2) is 39.2 Å². The lowest BCUT2D eigenvalue weighted by atomic mass is 9.93. The fourth-order valence-electron chi connectivity index (χ4n) is 2.26. The van der Waals surface area contributed by atoms with E-state index in [2.05, 4.69) is 46.8 Å². The molecule has 6 heteroatoms. The van der Waals surface area contributed by atoms with Gasteiger partial charge in [-0.2, -0.15) is 14.6 Å². The Balaban J connectivity index is 2.43. The van der Waals surface area contributed by atoms with Crippen molar-refractivity contribution in [1.82, 2.24) is 19.6 Å². The highest BCUT2D eigenvalue weighted by atomic mass is 15.4. The van der Waals surface area contributed by atoms with Gasteiger partial charge in [0.1, 0.15) is 12.1 Å². The van der Waals surface area contributed by atoms with E-state index in [4.69, 9.17) is 5.73 Å². The van der Waals surface area contributed by atoms with Gasteiger partial charge in [0.25, 0.3) is 5.78 Å². The molecule has 0 atom stereocenters. The molecule has 0 bridgehead atoms. The van der Waals surface area contributed by atoms with Gasteiger partial charge in [0, 0.05) is 24.8 Å². The molecule has 0 unspecified atom stereocenters. The van der Waals surface area contributed by atoms with Crippen molar-refractivity contribution in [3.63, 3.8) is 0 Å². The van der Waals surface area contributed by atoms with Crippen LogP contribution >= 0.6 is 0 Å². The van der Waals surface area contributed by atoms with E-state index in [-0.39, 0.29) is 5.41 Å². The van der Waals surface area contributed by atoms with Crippen LogP contribution in [0, 0.1) is 12.3 Å². The third-order valence-corrected chi connectivity index (χ3v) is 3.35. The number of rotatable bonds is 6. The Kier molecular flexibility index (Phi) is 4.23. The zero-order valence-electron chi connectivity index (χ0n) is 12.8. The Labute approximate surface area is 120 Å².